The largest absolute Gasteiger partial charge is 0.426 e. The van der Waals surface area contributed by atoms with E-state index < -0.39 is 33.7 Å². The summed E-state index contributed by atoms with van der Waals surface area (Å²) >= 11 is 0. The van der Waals surface area contributed by atoms with Crippen LogP contribution in [0, 0.1) is 0 Å². The number of unbranched alkanes of at least 4 members (excludes halogenated alkanes) is 22. The Balaban J connectivity index is 1.78. The van der Waals surface area contributed by atoms with Gasteiger partial charge in [0.15, 0.2) is 5.25 Å². The molecule has 0 saturated carbocycles. The summed E-state index contributed by atoms with van der Waals surface area (Å²) in [5, 5.41) is -2.09. The lowest BCUT2D eigenvalue weighted by Crippen LogP contribution is -2.36. The molecule has 8 heteroatoms. The smallest absolute Gasteiger partial charge is 0.332 e. The molecule has 0 bridgehead atoms. The molecule has 0 radical (unpaired) electrons. The van der Waals surface area contributed by atoms with Crippen LogP contribution in [-0.4, -0.2) is 30.2 Å². The monoisotopic (exact) mass is 742 g/mol. The number of benzene rings is 2. The number of carbonyl (C=O) groups excluding carboxylic acids is 2. The molecular formula is C44H70O7S. The molecule has 2 aromatic rings. The van der Waals surface area contributed by atoms with Gasteiger partial charge in [0, 0.05) is 0 Å². The van der Waals surface area contributed by atoms with Crippen LogP contribution in [0.15, 0.2) is 48.5 Å². The molecule has 52 heavy (non-hydrogen) atoms. The maximum atomic E-state index is 13.1. The van der Waals surface area contributed by atoms with Gasteiger partial charge < -0.3 is 9.47 Å². The van der Waals surface area contributed by atoms with Crippen LogP contribution in [0.5, 0.6) is 11.5 Å². The Hall–Kier alpha value is -2.71. The van der Waals surface area contributed by atoms with Gasteiger partial charge >= 0.3 is 11.9 Å². The normalized spacial score (nSPS) is 12.1. The summed E-state index contributed by atoms with van der Waals surface area (Å²) in [4.78, 5) is 26.1. The molecule has 1 N–H and O–H groups in total. The van der Waals surface area contributed by atoms with Crippen LogP contribution >= 0.6 is 0 Å². The van der Waals surface area contributed by atoms with Crippen molar-refractivity contribution in [3.05, 3.63) is 59.7 Å². The summed E-state index contributed by atoms with van der Waals surface area (Å²) < 4.78 is 45.6. The Kier molecular flexibility index (Phi) is 25.1. The summed E-state index contributed by atoms with van der Waals surface area (Å²) in [5.74, 6) is -1.55. The van der Waals surface area contributed by atoms with Crippen molar-refractivity contribution >= 4 is 22.1 Å². The van der Waals surface area contributed by atoms with E-state index in [1.807, 2.05) is 24.3 Å². The first-order valence-electron chi connectivity index (χ1n) is 20.8. The minimum absolute atomic E-state index is 0.241. The number of rotatable bonds is 32. The molecular weight excluding hydrogens is 673 g/mol. The molecule has 0 aliphatic rings. The van der Waals surface area contributed by atoms with Crippen molar-refractivity contribution in [1.82, 2.24) is 0 Å². The molecule has 0 aliphatic carbocycles. The Labute approximate surface area is 316 Å². The van der Waals surface area contributed by atoms with Crippen LogP contribution in [-0.2, 0) is 32.5 Å². The quantitative estimate of drug-likeness (QED) is 0.0344. The second kappa shape index (κ2) is 28.7. The molecule has 1 unspecified atom stereocenters. The summed E-state index contributed by atoms with van der Waals surface area (Å²) in [6.07, 6.45) is 30.4. The number of carbonyl (C=O) groups is 2. The number of aryl methyl sites for hydroxylation is 2. The first kappa shape index (κ1) is 45.4. The van der Waals surface area contributed by atoms with Crippen molar-refractivity contribution in [3.63, 3.8) is 0 Å². The van der Waals surface area contributed by atoms with Crippen LogP contribution in [0.1, 0.15) is 185 Å². The molecule has 0 fully saturated rings. The molecule has 0 spiro atoms. The standard InChI is InChI=1S/C44H70O7S/c1-3-5-7-9-11-13-15-17-19-21-23-25-31-38-33-27-29-35-40(38)50-43(45)37-42(52(47,48)49)44(46)51-41-36-30-28-34-39(41)32-26-24-22-20-18-16-14-12-10-8-6-4-2/h27-30,33-36,42H,3-26,31-32,37H2,1-2H3,(H,47,48,49). The maximum Gasteiger partial charge on any atom is 0.332 e. The minimum Gasteiger partial charge on any atom is -0.426 e. The lowest BCUT2D eigenvalue weighted by molar-refractivity contribution is -0.140. The minimum atomic E-state index is -4.94. The molecule has 0 saturated heterocycles. The first-order chi connectivity index (χ1) is 25.3. The van der Waals surface area contributed by atoms with Crippen LogP contribution < -0.4 is 9.47 Å². The van der Waals surface area contributed by atoms with Crippen molar-refractivity contribution in [2.24, 2.45) is 0 Å². The third kappa shape index (κ3) is 21.1. The van der Waals surface area contributed by atoms with Gasteiger partial charge in [-0.15, -0.1) is 0 Å². The van der Waals surface area contributed by atoms with Gasteiger partial charge in [-0.1, -0.05) is 192 Å². The summed E-state index contributed by atoms with van der Waals surface area (Å²) in [7, 11) is -4.94. The maximum absolute atomic E-state index is 13.1. The molecule has 2 rings (SSSR count). The van der Waals surface area contributed by atoms with Crippen molar-refractivity contribution < 1.29 is 32.0 Å². The fourth-order valence-electron chi connectivity index (χ4n) is 6.73. The predicted molar refractivity (Wildman–Crippen MR) is 214 cm³/mol. The Morgan fingerprint density at radius 2 is 0.846 bits per heavy atom. The lowest BCUT2D eigenvalue weighted by Gasteiger charge is -2.16. The Morgan fingerprint density at radius 3 is 1.21 bits per heavy atom. The molecule has 294 valence electrons. The average molecular weight is 743 g/mol. The van der Waals surface area contributed by atoms with E-state index in [1.54, 1.807) is 24.3 Å². The highest BCUT2D eigenvalue weighted by Crippen LogP contribution is 2.25. The topological polar surface area (TPSA) is 107 Å². The zero-order valence-electron chi connectivity index (χ0n) is 32.6. The molecule has 7 nitrogen and oxygen atoms in total. The SMILES string of the molecule is CCCCCCCCCCCCCCc1ccccc1OC(=O)CC(C(=O)Oc1ccccc1CCCCCCCCCCCCCC)S(=O)(=O)O. The van der Waals surface area contributed by atoms with Gasteiger partial charge in [-0.05, 0) is 48.9 Å². The lowest BCUT2D eigenvalue weighted by atomic mass is 10.0. The zero-order valence-corrected chi connectivity index (χ0v) is 33.4. The second-order valence-electron chi connectivity index (χ2n) is 14.6. The first-order valence-corrected chi connectivity index (χ1v) is 22.3. The number of hydrogen-bond donors (Lipinski definition) is 1. The summed E-state index contributed by atoms with van der Waals surface area (Å²) in [5.41, 5.74) is 1.63. The third-order valence-electron chi connectivity index (χ3n) is 9.95. The highest BCUT2D eigenvalue weighted by atomic mass is 32.2. The van der Waals surface area contributed by atoms with Gasteiger partial charge in [-0.25, -0.2) is 0 Å². The van der Waals surface area contributed by atoms with E-state index in [0.717, 1.165) is 49.7 Å². The fourth-order valence-corrected chi connectivity index (χ4v) is 7.37. The molecule has 0 aliphatic heterocycles. The summed E-state index contributed by atoms with van der Waals surface area (Å²) in [6, 6.07) is 14.2. The van der Waals surface area contributed by atoms with E-state index in [4.69, 9.17) is 9.47 Å². The third-order valence-corrected chi connectivity index (χ3v) is 11.0. The Morgan fingerprint density at radius 1 is 0.519 bits per heavy atom. The van der Waals surface area contributed by atoms with Gasteiger partial charge in [-0.3, -0.25) is 14.1 Å². The van der Waals surface area contributed by atoms with E-state index in [-0.39, 0.29) is 5.75 Å². The zero-order chi connectivity index (χ0) is 37.7. The predicted octanol–water partition coefficient (Wildman–Crippen LogP) is 12.3. The van der Waals surface area contributed by atoms with Gasteiger partial charge in [0.25, 0.3) is 10.1 Å². The van der Waals surface area contributed by atoms with Gasteiger partial charge in [0.1, 0.15) is 11.5 Å². The van der Waals surface area contributed by atoms with E-state index >= 15 is 0 Å². The van der Waals surface area contributed by atoms with Crippen LogP contribution in [0.3, 0.4) is 0 Å². The van der Waals surface area contributed by atoms with Gasteiger partial charge in [0.2, 0.25) is 0 Å². The number of ether oxygens (including phenoxy) is 2. The van der Waals surface area contributed by atoms with Crippen LogP contribution in [0.2, 0.25) is 0 Å². The van der Waals surface area contributed by atoms with E-state index in [1.165, 1.54) is 122 Å². The van der Waals surface area contributed by atoms with E-state index in [0.29, 0.717) is 12.2 Å². The van der Waals surface area contributed by atoms with Crippen LogP contribution in [0.4, 0.5) is 0 Å². The number of para-hydroxylation sites is 2. The fraction of sp³-hybridized carbons (Fsp3) is 0.682. The van der Waals surface area contributed by atoms with E-state index in [9.17, 15) is 22.6 Å². The van der Waals surface area contributed by atoms with Crippen molar-refractivity contribution in [2.45, 2.75) is 192 Å². The second-order valence-corrected chi connectivity index (χ2v) is 16.2. The van der Waals surface area contributed by atoms with E-state index in [2.05, 4.69) is 13.8 Å². The highest BCUT2D eigenvalue weighted by molar-refractivity contribution is 7.87. The van der Waals surface area contributed by atoms with Crippen LogP contribution in [0.25, 0.3) is 0 Å². The van der Waals surface area contributed by atoms with Gasteiger partial charge in [-0.2, -0.15) is 8.42 Å². The molecule has 2 aromatic carbocycles. The average Bonchev–Trinajstić information content (AvgIpc) is 3.12. The molecule has 0 aromatic heterocycles. The van der Waals surface area contributed by atoms with Crippen molar-refractivity contribution in [2.75, 3.05) is 0 Å². The molecule has 0 heterocycles. The Bertz CT molecular complexity index is 1340. The highest BCUT2D eigenvalue weighted by Gasteiger charge is 2.36. The number of esters is 2. The van der Waals surface area contributed by atoms with Crippen molar-refractivity contribution in [1.29, 1.82) is 0 Å². The number of hydrogen-bond acceptors (Lipinski definition) is 6. The van der Waals surface area contributed by atoms with Crippen molar-refractivity contribution in [3.8, 4) is 11.5 Å². The molecule has 0 amide bonds. The summed E-state index contributed by atoms with van der Waals surface area (Å²) in [6.45, 7) is 4.49. The molecule has 1 atom stereocenters. The van der Waals surface area contributed by atoms with Gasteiger partial charge in [0.05, 0.1) is 6.42 Å².